The molecule has 0 aliphatic rings. The van der Waals surface area contributed by atoms with E-state index < -0.39 is 30.9 Å². The average Bonchev–Trinajstić information content (AvgIpc) is 3.84. The molecule has 4 rings (SSSR count). The van der Waals surface area contributed by atoms with E-state index in [2.05, 4.69) is 25.9 Å². The van der Waals surface area contributed by atoms with Crippen molar-refractivity contribution in [3.05, 3.63) is 104 Å². The first-order valence-electron chi connectivity index (χ1n) is 18.0. The number of nitrogens with one attached hydrogen (secondary N) is 3. The van der Waals surface area contributed by atoms with Crippen molar-refractivity contribution in [1.29, 1.82) is 0 Å². The van der Waals surface area contributed by atoms with Crippen molar-refractivity contribution < 1.29 is 32.3 Å². The van der Waals surface area contributed by atoms with Crippen LogP contribution >= 0.6 is 22.7 Å². The Kier molecular flexibility index (Phi) is 16.9. The fraction of sp³-hybridized carbons (Fsp3) is 0.462. The second kappa shape index (κ2) is 21.5. The molecule has 0 spiro atoms. The normalized spacial score (nSPS) is 13.2. The van der Waals surface area contributed by atoms with E-state index >= 15 is 0 Å². The highest BCUT2D eigenvalue weighted by atomic mass is 32.1. The number of thiazole rings is 2. The number of halogens is 3. The number of amides is 3. The molecule has 0 bridgehead atoms. The van der Waals surface area contributed by atoms with E-state index in [0.29, 0.717) is 31.4 Å². The van der Waals surface area contributed by atoms with E-state index in [-0.39, 0.29) is 56.2 Å². The highest BCUT2D eigenvalue weighted by molar-refractivity contribution is 7.09. The van der Waals surface area contributed by atoms with Gasteiger partial charge in [-0.05, 0) is 55.7 Å². The van der Waals surface area contributed by atoms with Gasteiger partial charge in [0.1, 0.15) is 6.61 Å². The van der Waals surface area contributed by atoms with Gasteiger partial charge in [-0.1, -0.05) is 74.5 Å². The molecule has 0 fully saturated rings. The summed E-state index contributed by atoms with van der Waals surface area (Å²) in [6.07, 6.45) is -1.12. The van der Waals surface area contributed by atoms with Gasteiger partial charge in [0, 0.05) is 37.0 Å². The summed E-state index contributed by atoms with van der Waals surface area (Å²) in [6, 6.07) is 17.6. The first-order chi connectivity index (χ1) is 25.8. The van der Waals surface area contributed by atoms with Crippen LogP contribution < -0.4 is 16.0 Å². The number of nitrogens with zero attached hydrogens (tertiary/aromatic N) is 3. The van der Waals surface area contributed by atoms with E-state index in [1.807, 2.05) is 79.9 Å². The molecule has 3 N–H and O–H groups in total. The summed E-state index contributed by atoms with van der Waals surface area (Å²) in [5.74, 6) is -0.234. The standard InChI is InChI=1S/C39H49F3N6O4S2/c1-27(2)36-45-32(24-53-36)22-48(3)37(50)47-34(16-17-43-25-39(40,41)42)35(49)20-30(18-28-10-6-4-7-11-28)14-15-31(19-29-12-8-5-9-13-29)46-38(51)52-23-33-21-44-26-54-33/h4-13,21,24,26-27,30-31,34,43H,14-20,22-23,25H2,1-3H3,(H,46,51)(H,47,50). The third kappa shape index (κ3) is 15.6. The Morgan fingerprint density at radius 2 is 1.59 bits per heavy atom. The minimum absolute atomic E-state index is 0.0233. The zero-order chi connectivity index (χ0) is 38.9. The molecule has 15 heteroatoms. The minimum Gasteiger partial charge on any atom is -0.444 e. The topological polar surface area (TPSA) is 126 Å². The summed E-state index contributed by atoms with van der Waals surface area (Å²) < 4.78 is 44.2. The molecule has 0 saturated heterocycles. The summed E-state index contributed by atoms with van der Waals surface area (Å²) in [5.41, 5.74) is 4.42. The van der Waals surface area contributed by atoms with E-state index in [9.17, 15) is 27.6 Å². The van der Waals surface area contributed by atoms with Gasteiger partial charge >= 0.3 is 18.3 Å². The number of carbonyl (C=O) groups is 3. The molecule has 3 amide bonds. The molecule has 0 aliphatic heterocycles. The Bertz CT molecular complexity index is 1710. The fourth-order valence-electron chi connectivity index (χ4n) is 5.89. The molecule has 2 aromatic heterocycles. The predicted octanol–water partition coefficient (Wildman–Crippen LogP) is 7.91. The predicted molar refractivity (Wildman–Crippen MR) is 205 cm³/mol. The van der Waals surface area contributed by atoms with Crippen LogP contribution in [0.15, 0.2) is 77.8 Å². The number of ether oxygens (including phenoxy) is 1. The Morgan fingerprint density at radius 3 is 2.20 bits per heavy atom. The number of benzene rings is 2. The average molecular weight is 787 g/mol. The van der Waals surface area contributed by atoms with Gasteiger partial charge in [0.2, 0.25) is 0 Å². The van der Waals surface area contributed by atoms with Crippen molar-refractivity contribution in [2.45, 2.75) is 89.7 Å². The first kappa shape index (κ1) is 42.4. The zero-order valence-corrected chi connectivity index (χ0v) is 32.4. The number of Topliss-reactive ketones (excluding diaryl/α,β-unsaturated/α-hetero) is 1. The molecule has 10 nitrogen and oxygen atoms in total. The smallest absolute Gasteiger partial charge is 0.407 e. The Balaban J connectivity index is 1.47. The van der Waals surface area contributed by atoms with Gasteiger partial charge in [-0.25, -0.2) is 14.6 Å². The number of ketones is 1. The third-order valence-corrected chi connectivity index (χ3v) is 10.6. The van der Waals surface area contributed by atoms with Gasteiger partial charge in [0.25, 0.3) is 0 Å². The number of hydrogen-bond acceptors (Lipinski definition) is 9. The lowest BCUT2D eigenvalue weighted by Gasteiger charge is -2.26. The van der Waals surface area contributed by atoms with Crippen molar-refractivity contribution in [3.63, 3.8) is 0 Å². The largest absolute Gasteiger partial charge is 0.444 e. The number of carbonyl (C=O) groups excluding carboxylic acids is 3. The molecule has 54 heavy (non-hydrogen) atoms. The minimum atomic E-state index is -4.41. The molecule has 0 radical (unpaired) electrons. The van der Waals surface area contributed by atoms with Crippen LogP contribution in [0.2, 0.25) is 0 Å². The maximum atomic E-state index is 14.1. The first-order valence-corrected chi connectivity index (χ1v) is 19.7. The monoisotopic (exact) mass is 786 g/mol. The lowest BCUT2D eigenvalue weighted by Crippen LogP contribution is -2.48. The molecule has 0 aliphatic carbocycles. The van der Waals surface area contributed by atoms with Gasteiger partial charge in [0.15, 0.2) is 5.78 Å². The van der Waals surface area contributed by atoms with Crippen LogP contribution in [0.25, 0.3) is 0 Å². The lowest BCUT2D eigenvalue weighted by molar-refractivity contribution is -0.125. The summed E-state index contributed by atoms with van der Waals surface area (Å²) >= 11 is 2.90. The van der Waals surface area contributed by atoms with E-state index in [4.69, 9.17) is 4.74 Å². The maximum absolute atomic E-state index is 14.1. The lowest BCUT2D eigenvalue weighted by atomic mass is 9.86. The second-order valence-electron chi connectivity index (χ2n) is 13.6. The van der Waals surface area contributed by atoms with Gasteiger partial charge < -0.3 is 25.6 Å². The van der Waals surface area contributed by atoms with Crippen molar-refractivity contribution in [3.8, 4) is 0 Å². The molecule has 3 unspecified atom stereocenters. The summed E-state index contributed by atoms with van der Waals surface area (Å²) in [4.78, 5) is 51.2. The van der Waals surface area contributed by atoms with E-state index in [1.165, 1.54) is 27.6 Å². The van der Waals surface area contributed by atoms with Crippen LogP contribution in [0.5, 0.6) is 0 Å². The SMILES string of the molecule is CC(C)c1nc(CN(C)C(=O)NC(CCNCC(F)(F)F)C(=O)CC(CCC(Cc2ccccc2)NC(=O)OCc2cncs2)Cc2ccccc2)cs1. The number of rotatable bonds is 21. The molecular weight excluding hydrogens is 738 g/mol. The quantitative estimate of drug-likeness (QED) is 0.0734. The molecule has 2 aromatic carbocycles. The van der Waals surface area contributed by atoms with E-state index in [0.717, 1.165) is 21.0 Å². The van der Waals surface area contributed by atoms with Crippen LogP contribution in [-0.2, 0) is 35.5 Å². The number of hydrogen-bond donors (Lipinski definition) is 3. The number of alkyl halides is 3. The Hall–Kier alpha value is -4.34. The number of aromatic nitrogens is 2. The molecule has 0 saturated carbocycles. The molecule has 3 atom stereocenters. The number of urea groups is 1. The molecular formula is C39H49F3N6O4S2. The van der Waals surface area contributed by atoms with Crippen LogP contribution in [0.1, 0.15) is 72.2 Å². The maximum Gasteiger partial charge on any atom is 0.407 e. The van der Waals surface area contributed by atoms with Crippen LogP contribution in [-0.4, -0.2) is 71.2 Å². The van der Waals surface area contributed by atoms with Crippen LogP contribution in [0, 0.1) is 5.92 Å². The Morgan fingerprint density at radius 1 is 0.907 bits per heavy atom. The highest BCUT2D eigenvalue weighted by Gasteiger charge is 2.29. The van der Waals surface area contributed by atoms with Crippen LogP contribution in [0.4, 0.5) is 22.8 Å². The number of alkyl carbamates (subject to hydrolysis) is 1. The van der Waals surface area contributed by atoms with Crippen LogP contribution in [0.3, 0.4) is 0 Å². The van der Waals surface area contributed by atoms with Crippen molar-refractivity contribution in [2.75, 3.05) is 20.1 Å². The van der Waals surface area contributed by atoms with Gasteiger partial charge in [-0.2, -0.15) is 13.2 Å². The summed E-state index contributed by atoms with van der Waals surface area (Å²) in [6.45, 7) is 3.05. The summed E-state index contributed by atoms with van der Waals surface area (Å²) in [5, 5.41) is 11.0. The fourth-order valence-corrected chi connectivity index (χ4v) is 7.23. The zero-order valence-electron chi connectivity index (χ0n) is 30.8. The third-order valence-electron chi connectivity index (χ3n) is 8.69. The molecule has 292 valence electrons. The summed E-state index contributed by atoms with van der Waals surface area (Å²) in [7, 11) is 1.59. The van der Waals surface area contributed by atoms with Gasteiger partial charge in [0.05, 0.1) is 40.2 Å². The second-order valence-corrected chi connectivity index (χ2v) is 15.5. The Labute approximate surface area is 322 Å². The van der Waals surface area contributed by atoms with Crippen molar-refractivity contribution >= 4 is 40.6 Å². The van der Waals surface area contributed by atoms with E-state index in [1.54, 1.807) is 18.8 Å². The van der Waals surface area contributed by atoms with Crippen molar-refractivity contribution in [1.82, 2.24) is 30.8 Å². The molecule has 2 heterocycles. The van der Waals surface area contributed by atoms with Gasteiger partial charge in [-0.3, -0.25) is 9.78 Å². The van der Waals surface area contributed by atoms with Crippen molar-refractivity contribution in [2.24, 2.45) is 5.92 Å². The molecule has 4 aromatic rings. The highest BCUT2D eigenvalue weighted by Crippen LogP contribution is 2.23. The van der Waals surface area contributed by atoms with Gasteiger partial charge in [-0.15, -0.1) is 22.7 Å².